The third-order valence-electron chi connectivity index (χ3n) is 1.81. The van der Waals surface area contributed by atoms with Gasteiger partial charge >= 0.3 is 0 Å². The Morgan fingerprint density at radius 2 is 2.20 bits per heavy atom. The van der Waals surface area contributed by atoms with Crippen molar-refractivity contribution in [1.29, 1.82) is 5.26 Å². The Morgan fingerprint density at radius 3 is 2.80 bits per heavy atom. The van der Waals surface area contributed by atoms with Gasteiger partial charge in [-0.05, 0) is 18.2 Å². The van der Waals surface area contributed by atoms with Crippen LogP contribution in [0.5, 0.6) is 0 Å². The second-order valence-electron chi connectivity index (χ2n) is 2.81. The maximum atomic E-state index is 13.2. The highest BCUT2D eigenvalue weighted by atomic mass is 19.1. The van der Waals surface area contributed by atoms with Crippen LogP contribution in [0.15, 0.2) is 18.2 Å². The van der Waals surface area contributed by atoms with Crippen molar-refractivity contribution in [2.75, 3.05) is 6.54 Å². The minimum Gasteiger partial charge on any atom is -0.287 e. The molecule has 1 aromatic rings. The van der Waals surface area contributed by atoms with Crippen LogP contribution in [0.25, 0.3) is 0 Å². The molecule has 1 rings (SSSR count). The first-order valence-electron chi connectivity index (χ1n) is 4.20. The van der Waals surface area contributed by atoms with Gasteiger partial charge in [0.1, 0.15) is 17.7 Å². The van der Waals surface area contributed by atoms with Crippen LogP contribution in [0.4, 0.5) is 8.78 Å². The topological polar surface area (TPSA) is 35.8 Å². The van der Waals surface area contributed by atoms with E-state index >= 15 is 0 Å². The number of rotatable bonds is 3. The fourth-order valence-corrected chi connectivity index (χ4v) is 1.12. The van der Waals surface area contributed by atoms with Crippen LogP contribution in [0.2, 0.25) is 0 Å². The van der Waals surface area contributed by atoms with Crippen molar-refractivity contribution in [3.05, 3.63) is 35.4 Å². The van der Waals surface area contributed by atoms with Crippen LogP contribution in [0.1, 0.15) is 11.6 Å². The van der Waals surface area contributed by atoms with E-state index in [1.165, 1.54) is 0 Å². The van der Waals surface area contributed by atoms with Gasteiger partial charge in [0, 0.05) is 5.56 Å². The minimum atomic E-state index is -0.934. The third-order valence-corrected chi connectivity index (χ3v) is 1.81. The molecule has 0 amide bonds. The van der Waals surface area contributed by atoms with Gasteiger partial charge in [0.05, 0.1) is 12.6 Å². The Morgan fingerprint density at radius 1 is 1.47 bits per heavy atom. The molecule has 0 bridgehead atoms. The highest BCUT2D eigenvalue weighted by Crippen LogP contribution is 2.17. The van der Waals surface area contributed by atoms with Crippen molar-refractivity contribution in [3.63, 3.8) is 0 Å². The number of nitrogens with one attached hydrogen (secondary N) is 1. The molecule has 76 valence electrons. The summed E-state index contributed by atoms with van der Waals surface area (Å²) in [4.78, 5) is 0. The lowest BCUT2D eigenvalue weighted by Crippen LogP contribution is -2.21. The van der Waals surface area contributed by atoms with E-state index in [0.717, 1.165) is 18.2 Å². The number of hydrogen-bond donors (Lipinski definition) is 1. The Hall–Kier alpha value is -1.91. The summed E-state index contributed by atoms with van der Waals surface area (Å²) in [6, 6.07) is 3.83. The molecule has 15 heavy (non-hydrogen) atoms. The summed E-state index contributed by atoms with van der Waals surface area (Å²) in [5.41, 5.74) is -0.0345. The van der Waals surface area contributed by atoms with Gasteiger partial charge < -0.3 is 0 Å². The van der Waals surface area contributed by atoms with E-state index in [0.29, 0.717) is 0 Å². The average Bonchev–Trinajstić information content (AvgIpc) is 2.24. The molecule has 0 aliphatic rings. The maximum Gasteiger partial charge on any atom is 0.129 e. The largest absolute Gasteiger partial charge is 0.287 e. The second-order valence-corrected chi connectivity index (χ2v) is 2.81. The van der Waals surface area contributed by atoms with Crippen LogP contribution in [0, 0.1) is 35.3 Å². The smallest absolute Gasteiger partial charge is 0.129 e. The first-order valence-corrected chi connectivity index (χ1v) is 4.20. The molecule has 0 saturated carbocycles. The third kappa shape index (κ3) is 2.77. The van der Waals surface area contributed by atoms with E-state index in [9.17, 15) is 8.78 Å². The zero-order valence-corrected chi connectivity index (χ0v) is 7.80. The van der Waals surface area contributed by atoms with E-state index in [-0.39, 0.29) is 12.1 Å². The van der Waals surface area contributed by atoms with Gasteiger partial charge in [-0.15, -0.1) is 6.42 Å². The summed E-state index contributed by atoms with van der Waals surface area (Å²) in [5, 5.41) is 11.4. The van der Waals surface area contributed by atoms with E-state index < -0.39 is 17.7 Å². The lowest BCUT2D eigenvalue weighted by molar-refractivity contribution is 0.560. The number of nitrogens with zero attached hydrogens (tertiary/aromatic N) is 1. The molecule has 4 heteroatoms. The van der Waals surface area contributed by atoms with Gasteiger partial charge in [-0.1, -0.05) is 5.92 Å². The highest BCUT2D eigenvalue weighted by molar-refractivity contribution is 5.26. The van der Waals surface area contributed by atoms with Crippen molar-refractivity contribution in [2.45, 2.75) is 6.04 Å². The predicted molar refractivity (Wildman–Crippen MR) is 51.5 cm³/mol. The van der Waals surface area contributed by atoms with Crippen LogP contribution in [0.3, 0.4) is 0 Å². The Bertz CT molecular complexity index is 429. The lowest BCUT2D eigenvalue weighted by Gasteiger charge is -2.10. The van der Waals surface area contributed by atoms with Gasteiger partial charge in [0.2, 0.25) is 0 Å². The maximum absolute atomic E-state index is 13.2. The van der Waals surface area contributed by atoms with Crippen molar-refractivity contribution in [1.82, 2.24) is 5.32 Å². The molecule has 0 radical (unpaired) electrons. The van der Waals surface area contributed by atoms with Gasteiger partial charge in [0.25, 0.3) is 0 Å². The zero-order chi connectivity index (χ0) is 11.3. The fraction of sp³-hybridized carbons (Fsp3) is 0.182. The quantitative estimate of drug-likeness (QED) is 0.765. The molecule has 0 saturated heterocycles. The molecule has 0 heterocycles. The molecule has 0 aliphatic carbocycles. The lowest BCUT2D eigenvalue weighted by atomic mass is 10.1. The zero-order valence-electron chi connectivity index (χ0n) is 7.80. The van der Waals surface area contributed by atoms with E-state index in [1.54, 1.807) is 0 Å². The summed E-state index contributed by atoms with van der Waals surface area (Å²) < 4.78 is 26.0. The number of benzene rings is 1. The van der Waals surface area contributed by atoms with Crippen LogP contribution < -0.4 is 5.32 Å². The molecule has 1 aromatic carbocycles. The summed E-state index contributed by atoms with van der Waals surface area (Å²) in [5.74, 6) is 1.04. The predicted octanol–water partition coefficient (Wildman–Crippen LogP) is 1.75. The minimum absolute atomic E-state index is 0.0345. The second kappa shape index (κ2) is 5.09. The van der Waals surface area contributed by atoms with Crippen LogP contribution in [-0.2, 0) is 0 Å². The Balaban J connectivity index is 2.97. The average molecular weight is 206 g/mol. The monoisotopic (exact) mass is 206 g/mol. The van der Waals surface area contributed by atoms with Gasteiger partial charge in [-0.3, -0.25) is 5.32 Å². The summed E-state index contributed by atoms with van der Waals surface area (Å²) in [6.45, 7) is 0.119. The first kappa shape index (κ1) is 11.2. The normalized spacial score (nSPS) is 11.5. The molecular weight excluding hydrogens is 198 g/mol. The van der Waals surface area contributed by atoms with Crippen molar-refractivity contribution in [2.24, 2.45) is 0 Å². The number of nitriles is 1. The fourth-order valence-electron chi connectivity index (χ4n) is 1.12. The molecule has 1 atom stereocenters. The molecule has 2 nitrogen and oxygen atoms in total. The molecule has 0 aromatic heterocycles. The van der Waals surface area contributed by atoms with E-state index in [2.05, 4.69) is 11.2 Å². The van der Waals surface area contributed by atoms with Crippen LogP contribution in [-0.4, -0.2) is 6.54 Å². The molecule has 0 fully saturated rings. The van der Waals surface area contributed by atoms with Gasteiger partial charge in [0.15, 0.2) is 0 Å². The standard InChI is InChI=1S/C11H8F2N2/c1-2-5-15-11(7-14)9-6-8(12)3-4-10(9)13/h1,3-4,6,11,15H,5H2. The van der Waals surface area contributed by atoms with Gasteiger partial charge in [-0.25, -0.2) is 8.78 Å². The van der Waals surface area contributed by atoms with E-state index in [1.807, 2.05) is 6.07 Å². The molecular formula is C11H8F2N2. The van der Waals surface area contributed by atoms with Crippen molar-refractivity contribution < 1.29 is 8.78 Å². The molecule has 1 N–H and O–H groups in total. The Labute approximate surface area is 86.5 Å². The molecule has 0 aliphatic heterocycles. The SMILES string of the molecule is C#CCNC(C#N)c1cc(F)ccc1F. The highest BCUT2D eigenvalue weighted by Gasteiger charge is 2.14. The van der Waals surface area contributed by atoms with Crippen molar-refractivity contribution in [3.8, 4) is 18.4 Å². The number of hydrogen-bond acceptors (Lipinski definition) is 2. The summed E-state index contributed by atoms with van der Waals surface area (Å²) in [7, 11) is 0. The molecule has 1 unspecified atom stereocenters. The summed E-state index contributed by atoms with van der Waals surface area (Å²) >= 11 is 0. The number of halogens is 2. The van der Waals surface area contributed by atoms with Crippen molar-refractivity contribution >= 4 is 0 Å². The first-order chi connectivity index (χ1) is 7.19. The number of terminal acetylenes is 1. The Kier molecular flexibility index (Phi) is 3.79. The summed E-state index contributed by atoms with van der Waals surface area (Å²) in [6.07, 6.45) is 4.99. The van der Waals surface area contributed by atoms with Gasteiger partial charge in [-0.2, -0.15) is 5.26 Å². The van der Waals surface area contributed by atoms with Crippen LogP contribution >= 0.6 is 0 Å². The molecule has 0 spiro atoms. The van der Waals surface area contributed by atoms with E-state index in [4.69, 9.17) is 11.7 Å².